The number of hydrogen-bond acceptors (Lipinski definition) is 4. The topological polar surface area (TPSA) is 36.0 Å². The molecule has 2 saturated heterocycles. The maximum absolute atomic E-state index is 12.3. The van der Waals surface area contributed by atoms with Gasteiger partial charge in [-0.05, 0) is 38.6 Å². The summed E-state index contributed by atoms with van der Waals surface area (Å²) in [5.74, 6) is 1.16. The first-order chi connectivity index (χ1) is 11.7. The zero-order chi connectivity index (χ0) is 16.8. The fourth-order valence-electron chi connectivity index (χ4n) is 4.22. The third kappa shape index (κ3) is 5.43. The summed E-state index contributed by atoms with van der Waals surface area (Å²) in [7, 11) is 2.13. The van der Waals surface area contributed by atoms with E-state index in [2.05, 4.69) is 16.8 Å². The summed E-state index contributed by atoms with van der Waals surface area (Å²) in [5.41, 5.74) is 0. The molecule has 5 heteroatoms. The van der Waals surface area contributed by atoms with E-state index < -0.39 is 0 Å². The number of likely N-dealkylation sites (tertiary alicyclic amines) is 1. The van der Waals surface area contributed by atoms with Crippen molar-refractivity contribution >= 4 is 5.91 Å². The molecule has 0 atom stereocenters. The molecule has 0 aromatic heterocycles. The van der Waals surface area contributed by atoms with Gasteiger partial charge in [-0.25, -0.2) is 0 Å². The van der Waals surface area contributed by atoms with E-state index in [-0.39, 0.29) is 0 Å². The summed E-state index contributed by atoms with van der Waals surface area (Å²) >= 11 is 0. The number of nitrogens with zero attached hydrogens (tertiary/aromatic N) is 3. The van der Waals surface area contributed by atoms with Crippen LogP contribution in [0.3, 0.4) is 0 Å². The van der Waals surface area contributed by atoms with Crippen molar-refractivity contribution in [2.45, 2.75) is 51.0 Å². The normalized spacial score (nSPS) is 25.5. The van der Waals surface area contributed by atoms with Crippen molar-refractivity contribution in [3.05, 3.63) is 0 Å². The second kappa shape index (κ2) is 9.16. The molecule has 0 aromatic carbocycles. The number of ether oxygens (including phenoxy) is 1. The molecule has 1 amide bonds. The monoisotopic (exact) mass is 337 g/mol. The van der Waals surface area contributed by atoms with Gasteiger partial charge in [-0.3, -0.25) is 4.79 Å². The Hall–Kier alpha value is -0.650. The maximum atomic E-state index is 12.3. The quantitative estimate of drug-likeness (QED) is 0.741. The van der Waals surface area contributed by atoms with E-state index in [0.29, 0.717) is 18.4 Å². The van der Waals surface area contributed by atoms with E-state index >= 15 is 0 Å². The van der Waals surface area contributed by atoms with Gasteiger partial charge < -0.3 is 19.4 Å². The van der Waals surface area contributed by atoms with Crippen molar-refractivity contribution in [3.63, 3.8) is 0 Å². The van der Waals surface area contributed by atoms with Gasteiger partial charge in [0, 0.05) is 58.8 Å². The van der Waals surface area contributed by atoms with Crippen LogP contribution in [0.25, 0.3) is 0 Å². The Morgan fingerprint density at radius 2 is 1.62 bits per heavy atom. The van der Waals surface area contributed by atoms with Crippen molar-refractivity contribution in [2.24, 2.45) is 5.92 Å². The Labute approximate surface area is 147 Å². The van der Waals surface area contributed by atoms with E-state index in [1.165, 1.54) is 25.7 Å². The Kier molecular flexibility index (Phi) is 6.93. The number of rotatable bonds is 6. The Bertz CT molecular complexity index is 382. The van der Waals surface area contributed by atoms with Crippen LogP contribution < -0.4 is 0 Å². The highest BCUT2D eigenvalue weighted by atomic mass is 16.5. The molecule has 0 N–H and O–H groups in total. The first-order valence-electron chi connectivity index (χ1n) is 10.0. The molecular weight excluding hydrogens is 302 g/mol. The zero-order valence-electron chi connectivity index (χ0n) is 15.4. The third-order valence-corrected chi connectivity index (χ3v) is 6.07. The van der Waals surface area contributed by atoms with E-state index in [1.807, 2.05) is 4.90 Å². The van der Waals surface area contributed by atoms with E-state index in [4.69, 9.17) is 4.74 Å². The SMILES string of the molecule is CN1CCN(C(=O)CCN2CCC(OCC3CCCC3)CC2)CC1. The molecule has 0 spiro atoms. The number of hydrogen-bond donors (Lipinski definition) is 0. The minimum Gasteiger partial charge on any atom is -0.378 e. The standard InChI is InChI=1S/C19H35N3O2/c1-20-12-14-22(15-13-20)19(23)8-11-21-9-6-18(7-10-21)24-16-17-4-2-3-5-17/h17-18H,2-16H2,1H3. The van der Waals surface area contributed by atoms with Crippen LogP contribution in [-0.4, -0.2) is 86.2 Å². The molecule has 3 rings (SSSR count). The summed E-state index contributed by atoms with van der Waals surface area (Å²) < 4.78 is 6.14. The van der Waals surface area contributed by atoms with Gasteiger partial charge in [0.25, 0.3) is 0 Å². The maximum Gasteiger partial charge on any atom is 0.223 e. The number of carbonyl (C=O) groups is 1. The summed E-state index contributed by atoms with van der Waals surface area (Å²) in [6, 6.07) is 0. The molecule has 0 bridgehead atoms. The molecule has 1 saturated carbocycles. The first kappa shape index (κ1) is 18.2. The van der Waals surface area contributed by atoms with E-state index in [9.17, 15) is 4.79 Å². The molecule has 0 aromatic rings. The predicted octanol–water partition coefficient (Wildman–Crippen LogP) is 1.82. The number of carbonyl (C=O) groups excluding carboxylic acids is 1. The van der Waals surface area contributed by atoms with Gasteiger partial charge in [0.05, 0.1) is 6.10 Å². The average Bonchev–Trinajstić information content (AvgIpc) is 3.13. The Morgan fingerprint density at radius 3 is 2.29 bits per heavy atom. The van der Waals surface area contributed by atoms with Crippen molar-refractivity contribution in [2.75, 3.05) is 59.5 Å². The van der Waals surface area contributed by atoms with E-state index in [0.717, 1.165) is 71.2 Å². The Balaban J connectivity index is 1.27. The van der Waals surface area contributed by atoms with Gasteiger partial charge in [-0.15, -0.1) is 0 Å². The molecule has 0 radical (unpaired) electrons. The Morgan fingerprint density at radius 1 is 0.958 bits per heavy atom. The van der Waals surface area contributed by atoms with Crippen LogP contribution in [-0.2, 0) is 9.53 Å². The van der Waals surface area contributed by atoms with Crippen LogP contribution in [0, 0.1) is 5.92 Å². The van der Waals surface area contributed by atoms with Gasteiger partial charge in [0.1, 0.15) is 0 Å². The fraction of sp³-hybridized carbons (Fsp3) is 0.947. The minimum atomic E-state index is 0.336. The minimum absolute atomic E-state index is 0.336. The molecule has 5 nitrogen and oxygen atoms in total. The zero-order valence-corrected chi connectivity index (χ0v) is 15.4. The lowest BCUT2D eigenvalue weighted by atomic mass is 10.1. The second-order valence-corrected chi connectivity index (χ2v) is 7.96. The summed E-state index contributed by atoms with van der Waals surface area (Å²) in [6.45, 7) is 7.88. The highest BCUT2D eigenvalue weighted by Gasteiger charge is 2.24. The van der Waals surface area contributed by atoms with Crippen molar-refractivity contribution in [1.82, 2.24) is 14.7 Å². The van der Waals surface area contributed by atoms with Crippen LogP contribution in [0.4, 0.5) is 0 Å². The highest BCUT2D eigenvalue weighted by Crippen LogP contribution is 2.26. The molecule has 3 aliphatic rings. The van der Waals surface area contributed by atoms with Gasteiger partial charge in [-0.2, -0.15) is 0 Å². The van der Waals surface area contributed by atoms with Gasteiger partial charge in [0.15, 0.2) is 0 Å². The van der Waals surface area contributed by atoms with Crippen LogP contribution in [0.1, 0.15) is 44.9 Å². The van der Waals surface area contributed by atoms with Gasteiger partial charge in [-0.1, -0.05) is 12.8 Å². The first-order valence-corrected chi connectivity index (χ1v) is 10.0. The van der Waals surface area contributed by atoms with E-state index in [1.54, 1.807) is 0 Å². The molecule has 24 heavy (non-hydrogen) atoms. The van der Waals surface area contributed by atoms with Crippen LogP contribution in [0.5, 0.6) is 0 Å². The summed E-state index contributed by atoms with van der Waals surface area (Å²) in [4.78, 5) is 19.1. The average molecular weight is 338 g/mol. The number of piperazine rings is 1. The molecule has 2 heterocycles. The van der Waals surface area contributed by atoms with Crippen molar-refractivity contribution in [3.8, 4) is 0 Å². The summed E-state index contributed by atoms with van der Waals surface area (Å²) in [6.07, 6.45) is 8.93. The second-order valence-electron chi connectivity index (χ2n) is 7.96. The van der Waals surface area contributed by atoms with Gasteiger partial charge in [0.2, 0.25) is 5.91 Å². The van der Waals surface area contributed by atoms with Gasteiger partial charge >= 0.3 is 0 Å². The number of likely N-dealkylation sites (N-methyl/N-ethyl adjacent to an activating group) is 1. The summed E-state index contributed by atoms with van der Waals surface area (Å²) in [5, 5.41) is 0. The van der Waals surface area contributed by atoms with Crippen molar-refractivity contribution in [1.29, 1.82) is 0 Å². The molecule has 1 aliphatic carbocycles. The highest BCUT2D eigenvalue weighted by molar-refractivity contribution is 5.76. The molecular formula is C19H35N3O2. The van der Waals surface area contributed by atoms with Crippen LogP contribution >= 0.6 is 0 Å². The third-order valence-electron chi connectivity index (χ3n) is 6.07. The molecule has 0 unspecified atom stereocenters. The lowest BCUT2D eigenvalue weighted by Gasteiger charge is -2.34. The lowest BCUT2D eigenvalue weighted by molar-refractivity contribution is -0.133. The lowest BCUT2D eigenvalue weighted by Crippen LogP contribution is -2.48. The predicted molar refractivity (Wildman–Crippen MR) is 96.1 cm³/mol. The largest absolute Gasteiger partial charge is 0.378 e. The van der Waals surface area contributed by atoms with Crippen molar-refractivity contribution < 1.29 is 9.53 Å². The number of piperidine rings is 1. The van der Waals surface area contributed by atoms with Crippen LogP contribution in [0.2, 0.25) is 0 Å². The molecule has 138 valence electrons. The fourth-order valence-corrected chi connectivity index (χ4v) is 4.22. The molecule has 2 aliphatic heterocycles. The smallest absolute Gasteiger partial charge is 0.223 e. The van der Waals surface area contributed by atoms with Crippen LogP contribution in [0.15, 0.2) is 0 Å². The number of amides is 1. The molecule has 3 fully saturated rings.